The van der Waals surface area contributed by atoms with Gasteiger partial charge in [0.2, 0.25) is 0 Å². The molecule has 0 heterocycles. The van der Waals surface area contributed by atoms with Crippen LogP contribution < -0.4 is 0 Å². The van der Waals surface area contributed by atoms with E-state index in [1.807, 2.05) is 5.70 Å². The maximum Gasteiger partial charge on any atom is 0.129 e. The van der Waals surface area contributed by atoms with Crippen LogP contribution in [0.5, 0.6) is 0 Å². The van der Waals surface area contributed by atoms with Crippen molar-refractivity contribution in [3.63, 3.8) is 0 Å². The van der Waals surface area contributed by atoms with Crippen LogP contribution in [0.4, 0.5) is 0 Å². The van der Waals surface area contributed by atoms with Gasteiger partial charge in [-0.3, -0.25) is 0 Å². The molecule has 0 spiro atoms. The second-order valence-corrected chi connectivity index (χ2v) is 2.09. The summed E-state index contributed by atoms with van der Waals surface area (Å²) in [4.78, 5) is 0. The van der Waals surface area contributed by atoms with Gasteiger partial charge in [0.1, 0.15) is 9.52 Å². The van der Waals surface area contributed by atoms with Crippen molar-refractivity contribution in [3.05, 3.63) is 12.3 Å². The van der Waals surface area contributed by atoms with Gasteiger partial charge < -0.3 is 0 Å². The van der Waals surface area contributed by atoms with Gasteiger partial charge in [-0.2, -0.15) is 0 Å². The third-order valence-electron chi connectivity index (χ3n) is 0.262. The van der Waals surface area contributed by atoms with E-state index >= 15 is 0 Å². The molecule has 0 atom stereocenters. The molecule has 1 heteroatoms. The van der Waals surface area contributed by atoms with Crippen LogP contribution in [0.25, 0.3) is 0 Å². The molecule has 0 unspecified atom stereocenters. The lowest BCUT2D eigenvalue weighted by Gasteiger charge is -1.58. The van der Waals surface area contributed by atoms with Gasteiger partial charge in [0.15, 0.2) is 0 Å². The van der Waals surface area contributed by atoms with Crippen molar-refractivity contribution in [2.45, 2.75) is 0 Å². The summed E-state index contributed by atoms with van der Waals surface area (Å²) in [6.45, 7) is 3.47. The number of hydrogen-bond donors (Lipinski definition) is 0. The SMILES string of the molecule is C#C[SiH2]C=C. The van der Waals surface area contributed by atoms with Crippen LogP contribution in [0.15, 0.2) is 12.3 Å². The molecule has 0 amide bonds. The summed E-state index contributed by atoms with van der Waals surface area (Å²) in [7, 11) is -0.276. The maximum absolute atomic E-state index is 4.88. The van der Waals surface area contributed by atoms with Crippen LogP contribution >= 0.6 is 0 Å². The van der Waals surface area contributed by atoms with E-state index in [0.717, 1.165) is 0 Å². The van der Waals surface area contributed by atoms with E-state index in [1.54, 1.807) is 0 Å². The molecular formula is C4H6Si. The highest BCUT2D eigenvalue weighted by molar-refractivity contribution is 6.51. The zero-order valence-electron chi connectivity index (χ0n) is 3.07. The number of rotatable bonds is 1. The molecule has 0 saturated heterocycles. The summed E-state index contributed by atoms with van der Waals surface area (Å²) in [6.07, 6.45) is 4.88. The summed E-state index contributed by atoms with van der Waals surface area (Å²) in [5.41, 5.74) is 4.37. The smallest absolute Gasteiger partial charge is 0.129 e. The molecule has 26 valence electrons. The maximum atomic E-state index is 4.88. The number of hydrogen-bond acceptors (Lipinski definition) is 0. The van der Waals surface area contributed by atoms with E-state index in [9.17, 15) is 0 Å². The first-order chi connectivity index (χ1) is 2.41. The molecule has 0 radical (unpaired) electrons. The Morgan fingerprint density at radius 1 is 2.00 bits per heavy atom. The van der Waals surface area contributed by atoms with E-state index in [4.69, 9.17) is 6.42 Å². The van der Waals surface area contributed by atoms with Gasteiger partial charge in [-0.05, 0) is 0 Å². The summed E-state index contributed by atoms with van der Waals surface area (Å²) < 4.78 is 0. The molecule has 0 bridgehead atoms. The minimum atomic E-state index is -0.276. The molecule has 0 aliphatic heterocycles. The van der Waals surface area contributed by atoms with Crippen LogP contribution in [-0.2, 0) is 0 Å². The molecular weight excluding hydrogens is 76.1 g/mol. The van der Waals surface area contributed by atoms with Crippen LogP contribution in [0, 0.1) is 12.0 Å². The van der Waals surface area contributed by atoms with Crippen molar-refractivity contribution >= 4 is 9.52 Å². The highest BCUT2D eigenvalue weighted by Gasteiger charge is 1.55. The summed E-state index contributed by atoms with van der Waals surface area (Å²) >= 11 is 0. The Labute approximate surface area is 34.7 Å². The zero-order chi connectivity index (χ0) is 4.12. The average molecular weight is 82.2 g/mol. The quantitative estimate of drug-likeness (QED) is 0.306. The molecule has 0 rings (SSSR count). The fraction of sp³-hybridized carbons (Fsp3) is 0. The molecule has 0 nitrogen and oxygen atoms in total. The Bertz CT molecular complexity index is 58.5. The van der Waals surface area contributed by atoms with Gasteiger partial charge in [0.25, 0.3) is 0 Å². The Balaban J connectivity index is 2.75. The van der Waals surface area contributed by atoms with E-state index < -0.39 is 0 Å². The minimum absolute atomic E-state index is 0.276. The van der Waals surface area contributed by atoms with Crippen LogP contribution in [0.3, 0.4) is 0 Å². The predicted molar refractivity (Wildman–Crippen MR) is 27.6 cm³/mol. The molecule has 0 aliphatic carbocycles. The van der Waals surface area contributed by atoms with Crippen molar-refractivity contribution in [2.75, 3.05) is 0 Å². The fourth-order valence-electron chi connectivity index (χ4n) is 0.0833. The lowest BCUT2D eigenvalue weighted by molar-refractivity contribution is 2.55. The highest BCUT2D eigenvalue weighted by atomic mass is 28.2. The molecule has 0 aromatic rings. The normalized spacial score (nSPS) is 7.80. The average Bonchev–Trinajstić information content (AvgIpc) is 1.41. The first-order valence-electron chi connectivity index (χ1n) is 1.46. The van der Waals surface area contributed by atoms with Crippen molar-refractivity contribution in [1.29, 1.82) is 0 Å². The van der Waals surface area contributed by atoms with E-state index in [-0.39, 0.29) is 9.52 Å². The Hall–Kier alpha value is -0.483. The van der Waals surface area contributed by atoms with Gasteiger partial charge in [0.05, 0.1) is 0 Å². The first-order valence-corrected chi connectivity index (χ1v) is 2.98. The summed E-state index contributed by atoms with van der Waals surface area (Å²) in [5.74, 6) is 0. The van der Waals surface area contributed by atoms with Crippen LogP contribution in [0.2, 0.25) is 0 Å². The van der Waals surface area contributed by atoms with Crippen molar-refractivity contribution < 1.29 is 0 Å². The Morgan fingerprint density at radius 2 is 2.60 bits per heavy atom. The second-order valence-electron chi connectivity index (χ2n) is 0.697. The topological polar surface area (TPSA) is 0 Å². The van der Waals surface area contributed by atoms with E-state index in [2.05, 4.69) is 12.1 Å². The predicted octanol–water partition coefficient (Wildman–Crippen LogP) is -0.111. The molecule has 0 aliphatic rings. The van der Waals surface area contributed by atoms with Crippen molar-refractivity contribution in [3.8, 4) is 12.0 Å². The molecule has 0 fully saturated rings. The summed E-state index contributed by atoms with van der Waals surface area (Å²) in [6, 6.07) is 0. The van der Waals surface area contributed by atoms with E-state index in [0.29, 0.717) is 0 Å². The number of terminal acetylenes is 1. The van der Waals surface area contributed by atoms with Crippen LogP contribution in [0.1, 0.15) is 0 Å². The van der Waals surface area contributed by atoms with E-state index in [1.165, 1.54) is 0 Å². The molecule has 0 aromatic heterocycles. The van der Waals surface area contributed by atoms with Crippen molar-refractivity contribution in [2.24, 2.45) is 0 Å². The summed E-state index contributed by atoms with van der Waals surface area (Å²) in [5, 5.41) is 0. The molecule has 5 heavy (non-hydrogen) atoms. The fourth-order valence-corrected chi connectivity index (χ4v) is 0.250. The molecule has 0 N–H and O–H groups in total. The third-order valence-corrected chi connectivity index (χ3v) is 0.787. The Morgan fingerprint density at radius 3 is 2.60 bits per heavy atom. The largest absolute Gasteiger partial charge is 0.138 e. The van der Waals surface area contributed by atoms with Gasteiger partial charge in [-0.25, -0.2) is 0 Å². The van der Waals surface area contributed by atoms with Crippen molar-refractivity contribution in [1.82, 2.24) is 0 Å². The van der Waals surface area contributed by atoms with Gasteiger partial charge in [-0.1, -0.05) is 5.70 Å². The zero-order valence-corrected chi connectivity index (χ0v) is 4.48. The van der Waals surface area contributed by atoms with Gasteiger partial charge in [-0.15, -0.1) is 18.5 Å². The standard InChI is InChI=1S/C4H6Si/c1-3-5-4-2/h1,4H,2,5H2. The van der Waals surface area contributed by atoms with Gasteiger partial charge in [0, 0.05) is 0 Å². The second kappa shape index (κ2) is 3.52. The van der Waals surface area contributed by atoms with Crippen LogP contribution in [-0.4, -0.2) is 9.52 Å². The Kier molecular flexibility index (Phi) is 3.18. The van der Waals surface area contributed by atoms with Gasteiger partial charge >= 0.3 is 0 Å². The monoisotopic (exact) mass is 82.0 g/mol. The third kappa shape index (κ3) is 3.52. The molecule has 0 saturated carbocycles. The lowest BCUT2D eigenvalue weighted by atomic mass is 11.3. The molecule has 0 aromatic carbocycles. The first kappa shape index (κ1) is 4.52. The highest BCUT2D eigenvalue weighted by Crippen LogP contribution is 1.48. The minimum Gasteiger partial charge on any atom is -0.138 e. The lowest BCUT2D eigenvalue weighted by Crippen LogP contribution is -1.69.